The van der Waals surface area contributed by atoms with E-state index in [2.05, 4.69) is 0 Å². The van der Waals surface area contributed by atoms with Crippen LogP contribution in [0.1, 0.15) is 11.1 Å². The van der Waals surface area contributed by atoms with Crippen molar-refractivity contribution < 1.29 is 19.5 Å². The van der Waals surface area contributed by atoms with Crippen molar-refractivity contribution in [2.45, 2.75) is 0 Å². The van der Waals surface area contributed by atoms with Crippen molar-refractivity contribution in [1.82, 2.24) is 0 Å². The molecule has 0 saturated carbocycles. The average molecular weight is 441 g/mol. The number of rotatable bonds is 2. The fourth-order valence-corrected chi connectivity index (χ4v) is 2.65. The second-order valence-corrected chi connectivity index (χ2v) is 6.50. The summed E-state index contributed by atoms with van der Waals surface area (Å²) in [5, 5.41) is 1.25. The van der Waals surface area contributed by atoms with Gasteiger partial charge in [-0.25, -0.2) is 0 Å². The van der Waals surface area contributed by atoms with Crippen LogP contribution < -0.4 is 0 Å². The first-order valence-corrected chi connectivity index (χ1v) is 7.74. The van der Waals surface area contributed by atoms with Crippen molar-refractivity contribution in [2.75, 3.05) is 0 Å². The van der Waals surface area contributed by atoms with Gasteiger partial charge in [-0.3, -0.25) is 0 Å². The molecule has 0 bridgehead atoms. The molecule has 0 saturated heterocycles. The number of hydrogen-bond acceptors (Lipinski definition) is 4. The van der Waals surface area contributed by atoms with Gasteiger partial charge in [0.2, 0.25) is 0 Å². The molecular formula is C14H8Cl2S4Zn. The van der Waals surface area contributed by atoms with Crippen molar-refractivity contribution in [1.29, 1.82) is 0 Å². The summed E-state index contributed by atoms with van der Waals surface area (Å²) in [6, 6.07) is 14.6. The van der Waals surface area contributed by atoms with Gasteiger partial charge in [-0.1, -0.05) is 59.6 Å². The summed E-state index contributed by atoms with van der Waals surface area (Å²) < 4.78 is 0.844. The number of hydrogen-bond donors (Lipinski definition) is 0. The second kappa shape index (κ2) is 10.9. The Kier molecular flexibility index (Phi) is 11.0. The molecule has 2 aromatic carbocycles. The van der Waals surface area contributed by atoms with E-state index < -0.39 is 0 Å². The molecule has 2 aromatic rings. The molecule has 0 atom stereocenters. The van der Waals surface area contributed by atoms with Crippen LogP contribution in [0, 0.1) is 0 Å². The topological polar surface area (TPSA) is 0 Å². The van der Waals surface area contributed by atoms with Crippen LogP contribution in [0.15, 0.2) is 48.5 Å². The van der Waals surface area contributed by atoms with E-state index in [4.69, 9.17) is 72.9 Å². The third kappa shape index (κ3) is 7.38. The van der Waals surface area contributed by atoms with Gasteiger partial charge in [0.15, 0.2) is 0 Å². The minimum absolute atomic E-state index is 0. The van der Waals surface area contributed by atoms with Crippen LogP contribution in [-0.4, -0.2) is 8.39 Å². The van der Waals surface area contributed by atoms with E-state index in [9.17, 15) is 0 Å². The Morgan fingerprint density at radius 1 is 0.714 bits per heavy atom. The molecule has 21 heavy (non-hydrogen) atoms. The zero-order valence-electron chi connectivity index (χ0n) is 10.7. The van der Waals surface area contributed by atoms with E-state index in [0.717, 1.165) is 11.1 Å². The van der Waals surface area contributed by atoms with E-state index in [-0.39, 0.29) is 19.5 Å². The molecule has 0 nitrogen and oxygen atoms in total. The maximum atomic E-state index is 5.77. The average Bonchev–Trinajstić information content (AvgIpc) is 2.40. The van der Waals surface area contributed by atoms with Gasteiger partial charge in [0, 0.05) is 10.0 Å². The van der Waals surface area contributed by atoms with E-state index >= 15 is 0 Å². The maximum absolute atomic E-state index is 5.77. The smallest absolute Gasteiger partial charge is 0.428 e. The minimum Gasteiger partial charge on any atom is -0.428 e. The van der Waals surface area contributed by atoms with Crippen LogP contribution in [-0.2, 0) is 44.7 Å². The Morgan fingerprint density at radius 2 is 1.00 bits per heavy atom. The van der Waals surface area contributed by atoms with Gasteiger partial charge in [-0.05, 0) is 23.3 Å². The Balaban J connectivity index is 0.000000364. The Hall–Kier alpha value is 0.263. The molecule has 0 N–H and O–H groups in total. The quantitative estimate of drug-likeness (QED) is 0.361. The van der Waals surface area contributed by atoms with E-state index in [1.165, 1.54) is 0 Å². The molecular weight excluding hydrogens is 433 g/mol. The van der Waals surface area contributed by atoms with Crippen molar-refractivity contribution in [3.63, 3.8) is 0 Å². The molecule has 0 aliphatic heterocycles. The minimum atomic E-state index is 0. The van der Waals surface area contributed by atoms with E-state index in [0.29, 0.717) is 18.4 Å². The summed E-state index contributed by atoms with van der Waals surface area (Å²) in [6.45, 7) is 0. The third-order valence-corrected chi connectivity index (χ3v) is 3.73. The van der Waals surface area contributed by atoms with Gasteiger partial charge < -0.3 is 49.7 Å². The summed E-state index contributed by atoms with van der Waals surface area (Å²) in [4.78, 5) is 0. The van der Waals surface area contributed by atoms with E-state index in [1.54, 1.807) is 12.1 Å². The number of halogens is 2. The molecule has 0 heterocycles. The predicted molar refractivity (Wildman–Crippen MR) is 101 cm³/mol. The van der Waals surface area contributed by atoms with Crippen molar-refractivity contribution >= 4 is 81.3 Å². The van der Waals surface area contributed by atoms with Crippen molar-refractivity contribution in [3.8, 4) is 0 Å². The molecule has 0 aliphatic rings. The standard InChI is InChI=1S/2C7H5ClS2.Zn/c2*8-6-4-2-1-3-5(6)7(9)10;/h2*1-4H,(H,9,10);/q;;+2/p-2. The summed E-state index contributed by atoms with van der Waals surface area (Å²) >= 11 is 30.6. The molecule has 0 spiro atoms. The molecule has 0 radical (unpaired) electrons. The summed E-state index contributed by atoms with van der Waals surface area (Å²) in [6.07, 6.45) is 0. The first-order valence-electron chi connectivity index (χ1n) is 5.35. The monoisotopic (exact) mass is 438 g/mol. The molecule has 0 aromatic heterocycles. The summed E-state index contributed by atoms with van der Waals surface area (Å²) in [7, 11) is 0. The molecule has 2 rings (SSSR count). The first-order chi connectivity index (χ1) is 9.43. The van der Waals surface area contributed by atoms with Crippen LogP contribution in [0.4, 0.5) is 0 Å². The van der Waals surface area contributed by atoms with Crippen molar-refractivity contribution in [2.24, 2.45) is 0 Å². The van der Waals surface area contributed by atoms with Gasteiger partial charge in [0.25, 0.3) is 0 Å². The SMILES string of the molecule is S=C([S-])c1ccccc1Cl.S=C([S-])c1ccccc1Cl.[Zn+2]. The summed E-state index contributed by atoms with van der Waals surface area (Å²) in [5.41, 5.74) is 1.54. The van der Waals surface area contributed by atoms with Gasteiger partial charge in [-0.15, -0.1) is 8.39 Å². The molecule has 0 amide bonds. The third-order valence-electron chi connectivity index (χ3n) is 2.19. The van der Waals surface area contributed by atoms with Gasteiger partial charge in [0.05, 0.1) is 0 Å². The van der Waals surface area contributed by atoms with E-state index in [1.807, 2.05) is 36.4 Å². The fraction of sp³-hybridized carbons (Fsp3) is 0. The molecule has 0 aliphatic carbocycles. The van der Waals surface area contributed by atoms with Gasteiger partial charge in [-0.2, -0.15) is 0 Å². The number of thiocarbonyl (C=S) groups is 2. The van der Waals surface area contributed by atoms with Crippen LogP contribution in [0.25, 0.3) is 0 Å². The number of benzene rings is 2. The Morgan fingerprint density at radius 3 is 1.19 bits per heavy atom. The Bertz CT molecular complexity index is 576. The largest absolute Gasteiger partial charge is 2.00 e. The fourth-order valence-electron chi connectivity index (χ4n) is 1.25. The molecule has 0 unspecified atom stereocenters. The van der Waals surface area contributed by atoms with Crippen LogP contribution in [0.3, 0.4) is 0 Å². The van der Waals surface area contributed by atoms with Gasteiger partial charge in [0.1, 0.15) is 0 Å². The predicted octanol–water partition coefficient (Wildman–Crippen LogP) is 5.12. The zero-order valence-corrected chi connectivity index (χ0v) is 18.5. The first kappa shape index (κ1) is 21.3. The Labute approximate surface area is 169 Å². The van der Waals surface area contributed by atoms with Crippen LogP contribution in [0.2, 0.25) is 10.0 Å². The molecule has 0 fully saturated rings. The zero-order chi connectivity index (χ0) is 15.1. The summed E-state index contributed by atoms with van der Waals surface area (Å²) in [5.74, 6) is 0. The van der Waals surface area contributed by atoms with Crippen LogP contribution in [0.5, 0.6) is 0 Å². The van der Waals surface area contributed by atoms with Gasteiger partial charge >= 0.3 is 19.5 Å². The normalized spacial score (nSPS) is 8.86. The second-order valence-electron chi connectivity index (χ2n) is 3.53. The maximum Gasteiger partial charge on any atom is 2.00 e. The molecule has 7 heteroatoms. The van der Waals surface area contributed by atoms with Crippen molar-refractivity contribution in [3.05, 3.63) is 69.7 Å². The van der Waals surface area contributed by atoms with Crippen LogP contribution >= 0.6 is 47.6 Å². The molecule has 104 valence electrons.